The second-order valence-electron chi connectivity index (χ2n) is 5.00. The second-order valence-corrected chi connectivity index (χ2v) is 6.36. The molecule has 0 saturated heterocycles. The van der Waals surface area contributed by atoms with Crippen molar-refractivity contribution in [2.75, 3.05) is 5.32 Å². The van der Waals surface area contributed by atoms with Crippen molar-refractivity contribution in [2.24, 2.45) is 0 Å². The summed E-state index contributed by atoms with van der Waals surface area (Å²) in [5.41, 5.74) is 1.06. The van der Waals surface area contributed by atoms with Crippen LogP contribution in [0.3, 0.4) is 0 Å². The minimum absolute atomic E-state index is 0.158. The van der Waals surface area contributed by atoms with Crippen LogP contribution in [0.4, 0.5) is 5.95 Å². The number of hydrogen-bond donors (Lipinski definition) is 2. The Balaban J connectivity index is 2.27. The second kappa shape index (κ2) is 7.20. The number of benzene rings is 2. The Kier molecular flexibility index (Phi) is 4.82. The van der Waals surface area contributed by atoms with Gasteiger partial charge in [0.05, 0.1) is 5.70 Å². The third-order valence-corrected chi connectivity index (χ3v) is 4.27. The van der Waals surface area contributed by atoms with Crippen LogP contribution in [-0.4, -0.2) is 27.9 Å². The van der Waals surface area contributed by atoms with Gasteiger partial charge in [0.15, 0.2) is 0 Å². The van der Waals surface area contributed by atoms with E-state index in [2.05, 4.69) is 20.3 Å². The van der Waals surface area contributed by atoms with Gasteiger partial charge < -0.3 is 5.32 Å². The van der Waals surface area contributed by atoms with Crippen LogP contribution in [0.25, 0.3) is 10.6 Å². The number of anilines is 1. The smallest absolute Gasteiger partial charge is 0.297 e. The Morgan fingerprint density at radius 3 is 1.88 bits per heavy atom. The first-order valence-electron chi connectivity index (χ1n) is 7.27. The van der Waals surface area contributed by atoms with Crippen molar-refractivity contribution in [1.29, 1.82) is 0 Å². The lowest BCUT2D eigenvalue weighted by Gasteiger charge is -2.15. The minimum Gasteiger partial charge on any atom is -0.322 e. The van der Waals surface area contributed by atoms with Gasteiger partial charge in [0.25, 0.3) is 10.1 Å². The topological polar surface area (TPSA) is 105 Å². The van der Waals surface area contributed by atoms with Crippen LogP contribution in [0.1, 0.15) is 11.1 Å². The lowest BCUT2D eigenvalue weighted by atomic mass is 10.1. The van der Waals surface area contributed by atoms with Gasteiger partial charge in [0.2, 0.25) is 5.95 Å². The highest BCUT2D eigenvalue weighted by molar-refractivity contribution is 7.95. The van der Waals surface area contributed by atoms with Crippen LogP contribution in [0.2, 0.25) is 0 Å². The van der Waals surface area contributed by atoms with E-state index in [0.29, 0.717) is 11.1 Å². The molecule has 126 valence electrons. The van der Waals surface area contributed by atoms with E-state index in [9.17, 15) is 13.0 Å². The van der Waals surface area contributed by atoms with E-state index in [1.54, 1.807) is 60.7 Å². The molecule has 0 spiro atoms. The van der Waals surface area contributed by atoms with E-state index in [-0.39, 0.29) is 16.6 Å². The third-order valence-electron chi connectivity index (χ3n) is 3.31. The van der Waals surface area contributed by atoms with Crippen LogP contribution in [-0.2, 0) is 10.1 Å². The van der Waals surface area contributed by atoms with Crippen molar-refractivity contribution < 1.29 is 13.0 Å². The number of aromatic nitrogens is 3. The van der Waals surface area contributed by atoms with E-state index >= 15 is 0 Å². The number of hydrogen-bond acceptors (Lipinski definition) is 6. The lowest BCUT2D eigenvalue weighted by Crippen LogP contribution is -2.11. The molecule has 0 fully saturated rings. The molecule has 0 atom stereocenters. The van der Waals surface area contributed by atoms with E-state index in [4.69, 9.17) is 0 Å². The Morgan fingerprint density at radius 2 is 1.36 bits per heavy atom. The molecular weight excluding hydrogens is 340 g/mol. The predicted molar refractivity (Wildman–Crippen MR) is 94.7 cm³/mol. The first-order valence-corrected chi connectivity index (χ1v) is 8.71. The van der Waals surface area contributed by atoms with Gasteiger partial charge in [-0.3, -0.25) is 4.55 Å². The van der Waals surface area contributed by atoms with Crippen LogP contribution in [0.15, 0.2) is 73.3 Å². The maximum absolute atomic E-state index is 12.1. The highest BCUT2D eigenvalue weighted by Gasteiger charge is 2.23. The molecule has 2 N–H and O–H groups in total. The fourth-order valence-electron chi connectivity index (χ4n) is 2.29. The number of nitrogens with zero attached hydrogens (tertiary/aromatic N) is 3. The molecule has 1 aromatic heterocycles. The van der Waals surface area contributed by atoms with E-state index in [0.717, 1.165) is 0 Å². The molecule has 0 unspecified atom stereocenters. The van der Waals surface area contributed by atoms with Crippen LogP contribution in [0.5, 0.6) is 0 Å². The lowest BCUT2D eigenvalue weighted by molar-refractivity contribution is 0.496. The quantitative estimate of drug-likeness (QED) is 0.536. The van der Waals surface area contributed by atoms with Gasteiger partial charge in [0.1, 0.15) is 17.6 Å². The summed E-state index contributed by atoms with van der Waals surface area (Å²) in [4.78, 5) is 11.4. The molecule has 0 radical (unpaired) electrons. The molecule has 3 aromatic rings. The molecule has 0 amide bonds. The Morgan fingerprint density at radius 1 is 0.840 bits per heavy atom. The molecule has 2 aromatic carbocycles. The van der Waals surface area contributed by atoms with Crippen LogP contribution >= 0.6 is 0 Å². The van der Waals surface area contributed by atoms with Gasteiger partial charge in [0, 0.05) is 0 Å². The Hall–Kier alpha value is -3.10. The van der Waals surface area contributed by atoms with Crippen molar-refractivity contribution >= 4 is 26.7 Å². The van der Waals surface area contributed by atoms with E-state index in [1.807, 2.05) is 0 Å². The molecule has 0 aliphatic carbocycles. The van der Waals surface area contributed by atoms with Crippen LogP contribution < -0.4 is 5.32 Å². The van der Waals surface area contributed by atoms with Crippen molar-refractivity contribution in [3.05, 3.63) is 84.4 Å². The van der Waals surface area contributed by atoms with Gasteiger partial charge in [-0.2, -0.15) is 8.42 Å². The summed E-state index contributed by atoms with van der Waals surface area (Å²) in [6, 6.07) is 17.1. The highest BCUT2D eigenvalue weighted by Crippen LogP contribution is 2.30. The first kappa shape index (κ1) is 16.7. The summed E-state index contributed by atoms with van der Waals surface area (Å²) in [6.45, 7) is 0. The Labute approximate surface area is 144 Å². The van der Waals surface area contributed by atoms with Crippen LogP contribution in [0, 0.1) is 0 Å². The molecule has 0 saturated carbocycles. The summed E-state index contributed by atoms with van der Waals surface area (Å²) in [5.74, 6) is 0.158. The summed E-state index contributed by atoms with van der Waals surface area (Å²) >= 11 is 0. The van der Waals surface area contributed by atoms with Crippen molar-refractivity contribution in [1.82, 2.24) is 15.0 Å². The number of rotatable bonds is 5. The molecule has 0 aliphatic rings. The Bertz CT molecular complexity index is 976. The zero-order valence-corrected chi connectivity index (χ0v) is 13.8. The summed E-state index contributed by atoms with van der Waals surface area (Å²) in [6.07, 6.45) is 2.57. The molecule has 25 heavy (non-hydrogen) atoms. The molecule has 8 heteroatoms. The highest BCUT2D eigenvalue weighted by atomic mass is 32.2. The molecular formula is C17H14N4O3S. The normalized spacial score (nSPS) is 12.4. The van der Waals surface area contributed by atoms with Gasteiger partial charge in [-0.05, 0) is 11.1 Å². The summed E-state index contributed by atoms with van der Waals surface area (Å²) in [7, 11) is -4.54. The number of nitrogens with one attached hydrogen (secondary N) is 1. The maximum Gasteiger partial charge on any atom is 0.297 e. The van der Waals surface area contributed by atoms with E-state index in [1.165, 1.54) is 12.7 Å². The van der Waals surface area contributed by atoms with E-state index < -0.39 is 10.1 Å². The average molecular weight is 354 g/mol. The van der Waals surface area contributed by atoms with Crippen molar-refractivity contribution in [3.63, 3.8) is 0 Å². The molecule has 7 nitrogen and oxygen atoms in total. The summed E-state index contributed by atoms with van der Waals surface area (Å²) < 4.78 is 34.1. The largest absolute Gasteiger partial charge is 0.322 e. The standard InChI is InChI=1S/C17H14N4O3S/c22-25(23,24)16(14-9-5-2-6-10-14)15(13-7-3-1-4-8-13)21-17-19-11-18-12-20-17/h1-12H,(H,22,23,24)(H,18,19,20,21). The van der Waals surface area contributed by atoms with Crippen molar-refractivity contribution in [2.45, 2.75) is 0 Å². The molecule has 3 rings (SSSR count). The molecule has 1 heterocycles. The first-order chi connectivity index (χ1) is 12.1. The molecule has 0 bridgehead atoms. The van der Waals surface area contributed by atoms with Gasteiger partial charge >= 0.3 is 0 Å². The summed E-state index contributed by atoms with van der Waals surface area (Å²) in [5, 5.41) is 2.88. The van der Waals surface area contributed by atoms with Gasteiger partial charge in [-0.1, -0.05) is 60.7 Å². The third kappa shape index (κ3) is 4.06. The SMILES string of the molecule is O=S(=O)(O)C(=C(Nc1ncncn1)c1ccccc1)c1ccccc1. The predicted octanol–water partition coefficient (Wildman–Crippen LogP) is 2.70. The maximum atomic E-state index is 12.1. The average Bonchev–Trinajstić information content (AvgIpc) is 2.63. The fourth-order valence-corrected chi connectivity index (χ4v) is 3.15. The molecule has 0 aliphatic heterocycles. The zero-order valence-electron chi connectivity index (χ0n) is 12.9. The van der Waals surface area contributed by atoms with Gasteiger partial charge in [-0.25, -0.2) is 15.0 Å². The van der Waals surface area contributed by atoms with Crippen molar-refractivity contribution in [3.8, 4) is 0 Å². The fraction of sp³-hybridized carbons (Fsp3) is 0. The van der Waals surface area contributed by atoms with Gasteiger partial charge in [-0.15, -0.1) is 0 Å². The monoisotopic (exact) mass is 354 g/mol. The minimum atomic E-state index is -4.54. The zero-order chi connectivity index (χ0) is 17.7.